The number of hydrogen-bond acceptors (Lipinski definition) is 1. The molecule has 19 heavy (non-hydrogen) atoms. The Bertz CT molecular complexity index is 404. The lowest BCUT2D eigenvalue weighted by atomic mass is 10.0. The normalized spacial score (nSPS) is 12.7. The molecule has 1 unspecified atom stereocenters. The van der Waals surface area contributed by atoms with Crippen LogP contribution in [-0.4, -0.2) is 19.0 Å². The molecule has 1 aromatic rings. The molecule has 0 aliphatic rings. The van der Waals surface area contributed by atoms with Crippen molar-refractivity contribution in [3.8, 4) is 0 Å². The summed E-state index contributed by atoms with van der Waals surface area (Å²) in [5.74, 6) is 0.597. The molecular weight excluding hydrogens is 396 g/mol. The van der Waals surface area contributed by atoms with E-state index >= 15 is 0 Å². The Kier molecular flexibility index (Phi) is 9.56. The summed E-state index contributed by atoms with van der Waals surface area (Å²) in [5, 5.41) is 4.37. The van der Waals surface area contributed by atoms with Crippen LogP contribution in [0.1, 0.15) is 31.7 Å². The number of nitrogens with one attached hydrogen (secondary N) is 1. The minimum absolute atomic E-state index is 0. The maximum absolute atomic E-state index is 6.14. The van der Waals surface area contributed by atoms with Gasteiger partial charge >= 0.3 is 0 Å². The van der Waals surface area contributed by atoms with Gasteiger partial charge in [-0.3, -0.25) is 4.99 Å². The molecule has 1 rings (SSSR count). The van der Waals surface area contributed by atoms with Crippen LogP contribution in [0, 0.1) is 0 Å². The lowest BCUT2D eigenvalue weighted by molar-refractivity contribution is 0.760. The molecule has 0 heterocycles. The van der Waals surface area contributed by atoms with Crippen LogP contribution in [-0.2, 0) is 0 Å². The largest absolute Gasteiger partial charge is 0.370 e. The van der Waals surface area contributed by atoms with Gasteiger partial charge in [-0.25, -0.2) is 0 Å². The lowest BCUT2D eigenvalue weighted by Crippen LogP contribution is -2.32. The second kappa shape index (κ2) is 9.66. The fourth-order valence-corrected chi connectivity index (χ4v) is 2.39. The van der Waals surface area contributed by atoms with E-state index in [2.05, 4.69) is 17.2 Å². The van der Waals surface area contributed by atoms with Crippen LogP contribution in [0.15, 0.2) is 23.2 Å². The van der Waals surface area contributed by atoms with E-state index in [9.17, 15) is 0 Å². The SMILES string of the molecule is CCCNC(N)=NCC(C)c1c(Cl)cccc1Cl.I. The van der Waals surface area contributed by atoms with Crippen molar-refractivity contribution in [3.63, 3.8) is 0 Å². The lowest BCUT2D eigenvalue weighted by Gasteiger charge is -2.13. The zero-order valence-electron chi connectivity index (χ0n) is 11.1. The number of aliphatic imine (C=N–C) groups is 1. The van der Waals surface area contributed by atoms with Crippen molar-refractivity contribution < 1.29 is 0 Å². The van der Waals surface area contributed by atoms with Gasteiger partial charge in [-0.2, -0.15) is 0 Å². The second-order valence-corrected chi connectivity index (χ2v) is 5.00. The summed E-state index contributed by atoms with van der Waals surface area (Å²) in [6.45, 7) is 5.50. The molecule has 0 aliphatic heterocycles. The van der Waals surface area contributed by atoms with Gasteiger partial charge < -0.3 is 11.1 Å². The number of hydrogen-bond donors (Lipinski definition) is 2. The first-order valence-electron chi connectivity index (χ1n) is 6.04. The highest BCUT2D eigenvalue weighted by molar-refractivity contribution is 14.0. The summed E-state index contributed by atoms with van der Waals surface area (Å²) in [6, 6.07) is 5.50. The van der Waals surface area contributed by atoms with Crippen molar-refractivity contribution >= 4 is 53.1 Å². The van der Waals surface area contributed by atoms with E-state index in [-0.39, 0.29) is 29.9 Å². The molecule has 0 aromatic heterocycles. The number of guanidine groups is 1. The number of halogens is 3. The van der Waals surface area contributed by atoms with Crippen molar-refractivity contribution in [2.75, 3.05) is 13.1 Å². The Morgan fingerprint density at radius 1 is 1.37 bits per heavy atom. The summed E-state index contributed by atoms with van der Waals surface area (Å²) in [5.41, 5.74) is 6.66. The van der Waals surface area contributed by atoms with Gasteiger partial charge in [0.05, 0.1) is 0 Å². The monoisotopic (exact) mass is 415 g/mol. The average molecular weight is 416 g/mol. The summed E-state index contributed by atoms with van der Waals surface area (Å²) in [4.78, 5) is 4.29. The number of benzene rings is 1. The summed E-state index contributed by atoms with van der Waals surface area (Å²) < 4.78 is 0. The van der Waals surface area contributed by atoms with Crippen LogP contribution in [0.2, 0.25) is 10.0 Å². The average Bonchev–Trinajstić information content (AvgIpc) is 2.33. The third-order valence-corrected chi connectivity index (χ3v) is 3.24. The van der Waals surface area contributed by atoms with E-state index in [4.69, 9.17) is 28.9 Å². The fourth-order valence-electron chi connectivity index (χ4n) is 1.62. The molecule has 0 bridgehead atoms. The van der Waals surface area contributed by atoms with Crippen LogP contribution < -0.4 is 11.1 Å². The van der Waals surface area contributed by atoms with E-state index < -0.39 is 0 Å². The van der Waals surface area contributed by atoms with Crippen molar-refractivity contribution in [1.29, 1.82) is 0 Å². The van der Waals surface area contributed by atoms with Gasteiger partial charge in [-0.05, 0) is 24.1 Å². The molecule has 6 heteroatoms. The predicted molar refractivity (Wildman–Crippen MR) is 95.1 cm³/mol. The molecule has 0 aliphatic carbocycles. The summed E-state index contributed by atoms with van der Waals surface area (Å²) in [7, 11) is 0. The molecule has 108 valence electrons. The highest BCUT2D eigenvalue weighted by Crippen LogP contribution is 2.31. The first-order chi connectivity index (χ1) is 8.56. The molecule has 0 fully saturated rings. The molecule has 1 atom stereocenters. The third-order valence-electron chi connectivity index (χ3n) is 2.58. The van der Waals surface area contributed by atoms with Gasteiger partial charge in [0.1, 0.15) is 0 Å². The van der Waals surface area contributed by atoms with Gasteiger partial charge in [0.15, 0.2) is 5.96 Å². The van der Waals surface area contributed by atoms with E-state index in [1.54, 1.807) is 0 Å². The van der Waals surface area contributed by atoms with E-state index in [1.807, 2.05) is 25.1 Å². The topological polar surface area (TPSA) is 50.4 Å². The highest BCUT2D eigenvalue weighted by atomic mass is 127. The molecule has 3 nitrogen and oxygen atoms in total. The molecule has 0 amide bonds. The molecular formula is C13H20Cl2IN3. The minimum Gasteiger partial charge on any atom is -0.370 e. The van der Waals surface area contributed by atoms with Gasteiger partial charge in [0, 0.05) is 29.1 Å². The maximum Gasteiger partial charge on any atom is 0.188 e. The van der Waals surface area contributed by atoms with E-state index in [0.717, 1.165) is 18.5 Å². The fraction of sp³-hybridized carbons (Fsp3) is 0.462. The zero-order chi connectivity index (χ0) is 13.5. The molecule has 0 saturated carbocycles. The molecule has 1 aromatic carbocycles. The second-order valence-electron chi connectivity index (χ2n) is 4.19. The zero-order valence-corrected chi connectivity index (χ0v) is 15.0. The smallest absolute Gasteiger partial charge is 0.188 e. The van der Waals surface area contributed by atoms with Crippen LogP contribution in [0.5, 0.6) is 0 Å². The molecule has 0 spiro atoms. The van der Waals surface area contributed by atoms with Gasteiger partial charge in [0.25, 0.3) is 0 Å². The predicted octanol–water partition coefficient (Wildman–Crippen LogP) is 4.03. The molecule has 0 saturated heterocycles. The van der Waals surface area contributed by atoms with Crippen molar-refractivity contribution in [2.45, 2.75) is 26.2 Å². The van der Waals surface area contributed by atoms with Crippen molar-refractivity contribution in [3.05, 3.63) is 33.8 Å². The van der Waals surface area contributed by atoms with E-state index in [1.165, 1.54) is 0 Å². The Balaban J connectivity index is 0.00000324. The number of nitrogens with two attached hydrogens (primary N) is 1. The third kappa shape index (κ3) is 6.19. The minimum atomic E-state index is 0. The van der Waals surface area contributed by atoms with Crippen LogP contribution in [0.25, 0.3) is 0 Å². The standard InChI is InChI=1S/C13H19Cl2N3.HI/c1-3-7-17-13(16)18-8-9(2)12-10(14)5-4-6-11(12)15;/h4-6,9H,3,7-8H2,1-2H3,(H3,16,17,18);1H. The van der Waals surface area contributed by atoms with Gasteiger partial charge in [-0.1, -0.05) is 43.1 Å². The Labute approximate surface area is 142 Å². The Morgan fingerprint density at radius 3 is 2.47 bits per heavy atom. The summed E-state index contributed by atoms with van der Waals surface area (Å²) >= 11 is 12.3. The number of rotatable bonds is 5. The van der Waals surface area contributed by atoms with E-state index in [0.29, 0.717) is 22.5 Å². The highest BCUT2D eigenvalue weighted by Gasteiger charge is 2.13. The van der Waals surface area contributed by atoms with Crippen LogP contribution >= 0.6 is 47.2 Å². The van der Waals surface area contributed by atoms with Gasteiger partial charge in [-0.15, -0.1) is 24.0 Å². The van der Waals surface area contributed by atoms with Crippen molar-refractivity contribution in [1.82, 2.24) is 5.32 Å². The molecule has 0 radical (unpaired) electrons. The van der Waals surface area contributed by atoms with Gasteiger partial charge in [0.2, 0.25) is 0 Å². The molecule has 3 N–H and O–H groups in total. The quantitative estimate of drug-likeness (QED) is 0.433. The number of nitrogens with zero attached hydrogens (tertiary/aromatic N) is 1. The Hall–Kier alpha value is -0.200. The van der Waals surface area contributed by atoms with Crippen LogP contribution in [0.4, 0.5) is 0 Å². The summed E-state index contributed by atoms with van der Waals surface area (Å²) in [6.07, 6.45) is 1.02. The van der Waals surface area contributed by atoms with Crippen LogP contribution in [0.3, 0.4) is 0 Å². The first kappa shape index (κ1) is 18.8. The Morgan fingerprint density at radius 2 is 1.95 bits per heavy atom. The first-order valence-corrected chi connectivity index (χ1v) is 6.79. The maximum atomic E-state index is 6.14. The van der Waals surface area contributed by atoms with Crippen molar-refractivity contribution in [2.24, 2.45) is 10.7 Å².